The summed E-state index contributed by atoms with van der Waals surface area (Å²) in [6.45, 7) is 2.81. The van der Waals surface area contributed by atoms with Crippen LogP contribution in [0.15, 0.2) is 0 Å². The van der Waals surface area contributed by atoms with E-state index in [1.165, 1.54) is 25.7 Å². The van der Waals surface area contributed by atoms with Gasteiger partial charge in [0.05, 0.1) is 19.4 Å². The molecule has 8 nitrogen and oxygen atoms in total. The molecule has 0 aromatic heterocycles. The van der Waals surface area contributed by atoms with E-state index in [1.54, 1.807) is 0 Å². The summed E-state index contributed by atoms with van der Waals surface area (Å²) >= 11 is 0. The molecular weight excluding hydrogens is 320 g/mol. The van der Waals surface area contributed by atoms with Crippen molar-refractivity contribution in [3.63, 3.8) is 0 Å². The summed E-state index contributed by atoms with van der Waals surface area (Å²) in [4.78, 5) is 32.9. The van der Waals surface area contributed by atoms with E-state index in [0.29, 0.717) is 6.61 Å². The quantitative estimate of drug-likeness (QED) is 0.300. The first kappa shape index (κ1) is 22.3. The number of aliphatic carboxylic acids is 2. The molecule has 1 atom stereocenters. The predicted molar refractivity (Wildman–Crippen MR) is 84.6 cm³/mol. The van der Waals surface area contributed by atoms with Gasteiger partial charge in [0.2, 0.25) is 0 Å². The van der Waals surface area contributed by atoms with Crippen LogP contribution >= 0.6 is 0 Å². The highest BCUT2D eigenvalue weighted by molar-refractivity contribution is 5.88. The van der Waals surface area contributed by atoms with E-state index >= 15 is 0 Å². The molecule has 0 rings (SSSR count). The number of hydrogen-bond donors (Lipinski definition) is 3. The molecule has 8 heteroatoms. The van der Waals surface area contributed by atoms with Crippen molar-refractivity contribution in [2.75, 3.05) is 19.8 Å². The molecule has 24 heavy (non-hydrogen) atoms. The highest BCUT2D eigenvalue weighted by atomic mass is 16.6. The van der Waals surface area contributed by atoms with Crippen molar-refractivity contribution in [3.05, 3.63) is 0 Å². The van der Waals surface area contributed by atoms with Crippen molar-refractivity contribution >= 4 is 17.9 Å². The molecule has 3 N–H and O–H groups in total. The van der Waals surface area contributed by atoms with Gasteiger partial charge in [-0.3, -0.25) is 9.59 Å². The zero-order valence-corrected chi connectivity index (χ0v) is 14.2. The molecule has 0 radical (unpaired) electrons. The number of carbonyl (C=O) groups excluding carboxylic acids is 1. The van der Waals surface area contributed by atoms with Crippen LogP contribution in [0.4, 0.5) is 0 Å². The number of esters is 1. The molecule has 0 saturated carbocycles. The smallest absolute Gasteiger partial charge is 0.336 e. The van der Waals surface area contributed by atoms with Crippen molar-refractivity contribution < 1.29 is 39.2 Å². The van der Waals surface area contributed by atoms with Crippen molar-refractivity contribution in [1.82, 2.24) is 0 Å². The molecule has 0 heterocycles. The zero-order chi connectivity index (χ0) is 18.4. The maximum atomic E-state index is 11.5. The highest BCUT2D eigenvalue weighted by Gasteiger charge is 2.41. The van der Waals surface area contributed by atoms with Crippen LogP contribution in [-0.2, 0) is 23.9 Å². The molecule has 0 amide bonds. The van der Waals surface area contributed by atoms with Gasteiger partial charge in [-0.2, -0.15) is 0 Å². The van der Waals surface area contributed by atoms with E-state index in [1.807, 2.05) is 0 Å². The predicted octanol–water partition coefficient (Wildman–Crippen LogP) is 1.59. The second kappa shape index (κ2) is 12.7. The van der Waals surface area contributed by atoms with Gasteiger partial charge in [0, 0.05) is 6.61 Å². The number of unbranched alkanes of at least 4 members (excludes halogenated alkanes) is 5. The Morgan fingerprint density at radius 1 is 0.875 bits per heavy atom. The first-order valence-corrected chi connectivity index (χ1v) is 8.22. The average molecular weight is 348 g/mol. The van der Waals surface area contributed by atoms with Crippen LogP contribution in [0, 0.1) is 0 Å². The van der Waals surface area contributed by atoms with Crippen LogP contribution in [0.5, 0.6) is 0 Å². The first-order valence-electron chi connectivity index (χ1n) is 8.22. The molecule has 140 valence electrons. The topological polar surface area (TPSA) is 130 Å². The third-order valence-corrected chi connectivity index (χ3v) is 3.41. The Balaban J connectivity index is 3.78. The fourth-order valence-corrected chi connectivity index (χ4v) is 2.05. The summed E-state index contributed by atoms with van der Waals surface area (Å²) in [5.41, 5.74) is -2.66. The Kier molecular flexibility index (Phi) is 11.8. The van der Waals surface area contributed by atoms with Crippen molar-refractivity contribution in [2.24, 2.45) is 0 Å². The van der Waals surface area contributed by atoms with Crippen LogP contribution in [0.2, 0.25) is 0 Å². The lowest BCUT2D eigenvalue weighted by Gasteiger charge is -2.20. The minimum absolute atomic E-state index is 0.0720. The maximum Gasteiger partial charge on any atom is 0.336 e. The molecule has 1 unspecified atom stereocenters. The summed E-state index contributed by atoms with van der Waals surface area (Å²) in [6, 6.07) is 0. The minimum atomic E-state index is -2.66. The second-order valence-electron chi connectivity index (χ2n) is 5.68. The lowest BCUT2D eigenvalue weighted by Crippen LogP contribution is -2.43. The second-order valence-corrected chi connectivity index (χ2v) is 5.68. The van der Waals surface area contributed by atoms with Crippen LogP contribution in [0.1, 0.15) is 58.3 Å². The van der Waals surface area contributed by atoms with Crippen LogP contribution in [0.25, 0.3) is 0 Å². The van der Waals surface area contributed by atoms with E-state index in [-0.39, 0.29) is 13.2 Å². The lowest BCUT2D eigenvalue weighted by molar-refractivity contribution is -0.172. The molecule has 0 bridgehead atoms. The summed E-state index contributed by atoms with van der Waals surface area (Å²) in [7, 11) is 0. The maximum absolute atomic E-state index is 11.5. The van der Waals surface area contributed by atoms with Gasteiger partial charge in [0.1, 0.15) is 6.61 Å². The monoisotopic (exact) mass is 348 g/mol. The van der Waals surface area contributed by atoms with Gasteiger partial charge < -0.3 is 24.8 Å². The third-order valence-electron chi connectivity index (χ3n) is 3.41. The Hall–Kier alpha value is -1.67. The van der Waals surface area contributed by atoms with Gasteiger partial charge in [-0.25, -0.2) is 4.79 Å². The molecule has 0 saturated heterocycles. The number of carbonyl (C=O) groups is 3. The summed E-state index contributed by atoms with van der Waals surface area (Å²) in [5, 5.41) is 27.1. The van der Waals surface area contributed by atoms with E-state index in [0.717, 1.165) is 12.8 Å². The molecule has 0 aromatic rings. The molecule has 0 aliphatic rings. The van der Waals surface area contributed by atoms with E-state index < -0.39 is 36.4 Å². The molecule has 0 fully saturated rings. The van der Waals surface area contributed by atoms with E-state index in [4.69, 9.17) is 19.7 Å². The highest BCUT2D eigenvalue weighted by Crippen LogP contribution is 2.17. The Morgan fingerprint density at radius 3 is 2.08 bits per heavy atom. The van der Waals surface area contributed by atoms with Gasteiger partial charge in [-0.05, 0) is 6.42 Å². The fraction of sp³-hybridized carbons (Fsp3) is 0.812. The lowest BCUT2D eigenvalue weighted by atomic mass is 9.96. The van der Waals surface area contributed by atoms with Gasteiger partial charge in [0.25, 0.3) is 0 Å². The molecule has 0 aliphatic carbocycles. The SMILES string of the molecule is CCCCCCCCOCCOC(=O)CC(O)(CC(=O)O)C(=O)O. The average Bonchev–Trinajstić information content (AvgIpc) is 2.48. The van der Waals surface area contributed by atoms with Crippen LogP contribution in [-0.4, -0.2) is 58.6 Å². The van der Waals surface area contributed by atoms with Crippen molar-refractivity contribution in [3.8, 4) is 0 Å². The minimum Gasteiger partial charge on any atom is -0.481 e. The Labute approximate surface area is 141 Å². The molecule has 0 aromatic carbocycles. The van der Waals surface area contributed by atoms with Gasteiger partial charge in [-0.15, -0.1) is 0 Å². The Morgan fingerprint density at radius 2 is 1.50 bits per heavy atom. The van der Waals surface area contributed by atoms with Crippen LogP contribution in [0.3, 0.4) is 0 Å². The number of hydrogen-bond acceptors (Lipinski definition) is 6. The largest absolute Gasteiger partial charge is 0.481 e. The normalized spacial score (nSPS) is 13.2. The number of ether oxygens (including phenoxy) is 2. The van der Waals surface area contributed by atoms with E-state index in [9.17, 15) is 19.5 Å². The molecule has 0 aliphatic heterocycles. The van der Waals surface area contributed by atoms with Crippen LogP contribution < -0.4 is 0 Å². The number of aliphatic hydroxyl groups is 1. The van der Waals surface area contributed by atoms with Gasteiger partial charge in [0.15, 0.2) is 5.60 Å². The number of rotatable bonds is 15. The zero-order valence-electron chi connectivity index (χ0n) is 14.2. The fourth-order valence-electron chi connectivity index (χ4n) is 2.05. The summed E-state index contributed by atoms with van der Waals surface area (Å²) in [6.07, 6.45) is 4.83. The number of carboxylic acids is 2. The first-order chi connectivity index (χ1) is 11.3. The van der Waals surface area contributed by atoms with Gasteiger partial charge >= 0.3 is 17.9 Å². The van der Waals surface area contributed by atoms with Gasteiger partial charge in [-0.1, -0.05) is 39.0 Å². The molecule has 0 spiro atoms. The number of carboxylic acid groups (broad SMARTS) is 2. The van der Waals surface area contributed by atoms with Crippen molar-refractivity contribution in [2.45, 2.75) is 63.9 Å². The van der Waals surface area contributed by atoms with E-state index in [2.05, 4.69) is 6.92 Å². The standard InChI is InChI=1S/C16H28O8/c1-2-3-4-5-6-7-8-23-9-10-24-14(19)12-16(22,15(20)21)11-13(17)18/h22H,2-12H2,1H3,(H,17,18)(H,20,21). The van der Waals surface area contributed by atoms with Crippen molar-refractivity contribution in [1.29, 1.82) is 0 Å². The Bertz CT molecular complexity index is 396. The summed E-state index contributed by atoms with van der Waals surface area (Å²) in [5.74, 6) is -4.28. The molecular formula is C16H28O8. The third kappa shape index (κ3) is 11.0. The summed E-state index contributed by atoms with van der Waals surface area (Å²) < 4.78 is 10.0.